The molecule has 1 aromatic carbocycles. The molecule has 5 heteroatoms. The fourth-order valence-corrected chi connectivity index (χ4v) is 2.37. The highest BCUT2D eigenvalue weighted by atomic mass is 35.5. The van der Waals surface area contributed by atoms with Gasteiger partial charge in [-0.15, -0.1) is 0 Å². The Morgan fingerprint density at radius 2 is 2.28 bits per heavy atom. The SMILES string of the molecule is CC[C@@H]1Cc2cc(OCC(=O)O)c(Cl)cc2C1=O. The number of fused-ring (bicyclic) bond motifs is 1. The quantitative estimate of drug-likeness (QED) is 0.912. The van der Waals surface area contributed by atoms with E-state index in [4.69, 9.17) is 21.4 Å². The van der Waals surface area contributed by atoms with E-state index in [0.717, 1.165) is 12.0 Å². The molecule has 0 saturated heterocycles. The maximum Gasteiger partial charge on any atom is 0.341 e. The van der Waals surface area contributed by atoms with Crippen LogP contribution in [0.25, 0.3) is 0 Å². The van der Waals surface area contributed by atoms with E-state index in [0.29, 0.717) is 17.7 Å². The van der Waals surface area contributed by atoms with Crippen LogP contribution >= 0.6 is 11.6 Å². The van der Waals surface area contributed by atoms with Gasteiger partial charge in [0, 0.05) is 11.5 Å². The summed E-state index contributed by atoms with van der Waals surface area (Å²) in [5.41, 5.74) is 1.52. The van der Waals surface area contributed by atoms with Crippen molar-refractivity contribution in [2.45, 2.75) is 19.8 Å². The van der Waals surface area contributed by atoms with Crippen molar-refractivity contribution in [1.82, 2.24) is 0 Å². The summed E-state index contributed by atoms with van der Waals surface area (Å²) in [4.78, 5) is 22.4. The number of halogens is 1. The number of carboxylic acid groups (broad SMARTS) is 1. The Morgan fingerprint density at radius 3 is 2.89 bits per heavy atom. The molecular weight excluding hydrogens is 256 g/mol. The van der Waals surface area contributed by atoms with E-state index in [-0.39, 0.29) is 16.7 Å². The van der Waals surface area contributed by atoms with Crippen molar-refractivity contribution in [3.05, 3.63) is 28.3 Å². The van der Waals surface area contributed by atoms with Crippen LogP contribution in [0.1, 0.15) is 29.3 Å². The maximum atomic E-state index is 12.0. The molecule has 0 aromatic heterocycles. The third-order valence-corrected chi connectivity index (χ3v) is 3.40. The molecule has 0 radical (unpaired) electrons. The molecule has 0 aliphatic heterocycles. The molecule has 0 amide bonds. The van der Waals surface area contributed by atoms with Gasteiger partial charge in [-0.2, -0.15) is 0 Å². The Morgan fingerprint density at radius 1 is 1.56 bits per heavy atom. The predicted molar refractivity (Wildman–Crippen MR) is 66.4 cm³/mol. The number of carbonyl (C=O) groups is 2. The van der Waals surface area contributed by atoms with Crippen molar-refractivity contribution >= 4 is 23.4 Å². The zero-order valence-corrected chi connectivity index (χ0v) is 10.7. The van der Waals surface area contributed by atoms with Gasteiger partial charge in [0.1, 0.15) is 5.75 Å². The summed E-state index contributed by atoms with van der Waals surface area (Å²) in [6.07, 6.45) is 1.46. The number of hydrogen-bond acceptors (Lipinski definition) is 3. The molecule has 1 atom stereocenters. The minimum Gasteiger partial charge on any atom is -0.480 e. The van der Waals surface area contributed by atoms with Crippen LogP contribution in [0.3, 0.4) is 0 Å². The molecule has 1 N–H and O–H groups in total. The number of hydrogen-bond donors (Lipinski definition) is 1. The predicted octanol–water partition coefficient (Wildman–Crippen LogP) is 2.57. The average Bonchev–Trinajstić information content (AvgIpc) is 2.63. The number of Topliss-reactive ketones (excluding diaryl/α,β-unsaturated/α-hetero) is 1. The molecule has 18 heavy (non-hydrogen) atoms. The topological polar surface area (TPSA) is 63.6 Å². The van der Waals surface area contributed by atoms with Crippen molar-refractivity contribution in [1.29, 1.82) is 0 Å². The van der Waals surface area contributed by atoms with E-state index in [1.165, 1.54) is 0 Å². The van der Waals surface area contributed by atoms with Crippen LogP contribution in [-0.2, 0) is 11.2 Å². The van der Waals surface area contributed by atoms with Crippen LogP contribution in [0, 0.1) is 5.92 Å². The van der Waals surface area contributed by atoms with Crippen molar-refractivity contribution in [3.63, 3.8) is 0 Å². The minimum absolute atomic E-state index is 0.00536. The second-order valence-corrected chi connectivity index (χ2v) is 4.70. The third kappa shape index (κ3) is 2.34. The fourth-order valence-electron chi connectivity index (χ4n) is 2.15. The summed E-state index contributed by atoms with van der Waals surface area (Å²) < 4.78 is 5.08. The Balaban J connectivity index is 2.28. The Labute approximate surface area is 110 Å². The van der Waals surface area contributed by atoms with Crippen LogP contribution in [-0.4, -0.2) is 23.5 Å². The van der Waals surface area contributed by atoms with Gasteiger partial charge >= 0.3 is 5.97 Å². The van der Waals surface area contributed by atoms with Gasteiger partial charge in [0.05, 0.1) is 5.02 Å². The molecule has 1 aromatic rings. The van der Waals surface area contributed by atoms with Crippen LogP contribution in [0.2, 0.25) is 5.02 Å². The highest BCUT2D eigenvalue weighted by Crippen LogP contribution is 2.36. The molecule has 4 nitrogen and oxygen atoms in total. The molecule has 1 aliphatic carbocycles. The van der Waals surface area contributed by atoms with Crippen LogP contribution in [0.4, 0.5) is 0 Å². The molecule has 96 valence electrons. The summed E-state index contributed by atoms with van der Waals surface area (Å²) in [5.74, 6) is -0.624. The zero-order valence-electron chi connectivity index (χ0n) is 9.90. The number of aliphatic carboxylic acids is 1. The molecule has 0 unspecified atom stereocenters. The number of carboxylic acids is 1. The molecule has 1 aliphatic rings. The van der Waals surface area contributed by atoms with Gasteiger partial charge in [-0.3, -0.25) is 4.79 Å². The van der Waals surface area contributed by atoms with Gasteiger partial charge in [0.2, 0.25) is 0 Å². The highest BCUT2D eigenvalue weighted by molar-refractivity contribution is 6.32. The van der Waals surface area contributed by atoms with Crippen molar-refractivity contribution in [2.75, 3.05) is 6.61 Å². The van der Waals surface area contributed by atoms with Crippen LogP contribution in [0.15, 0.2) is 12.1 Å². The van der Waals surface area contributed by atoms with Crippen molar-refractivity contribution in [2.24, 2.45) is 5.92 Å². The first kappa shape index (κ1) is 12.9. The number of rotatable bonds is 4. The van der Waals surface area contributed by atoms with Crippen LogP contribution < -0.4 is 4.74 Å². The molecule has 0 saturated carbocycles. The third-order valence-electron chi connectivity index (χ3n) is 3.10. The lowest BCUT2D eigenvalue weighted by molar-refractivity contribution is -0.139. The maximum absolute atomic E-state index is 12.0. The Hall–Kier alpha value is -1.55. The molecule has 0 heterocycles. The summed E-state index contributed by atoms with van der Waals surface area (Å²) in [6.45, 7) is 1.53. The normalized spacial score (nSPS) is 17.7. The number of carbonyl (C=O) groups excluding carboxylic acids is 1. The van der Waals surface area contributed by atoms with E-state index < -0.39 is 12.6 Å². The number of benzene rings is 1. The average molecular weight is 269 g/mol. The highest BCUT2D eigenvalue weighted by Gasteiger charge is 2.30. The second-order valence-electron chi connectivity index (χ2n) is 4.30. The molecule has 0 spiro atoms. The fraction of sp³-hybridized carbons (Fsp3) is 0.385. The first-order valence-electron chi connectivity index (χ1n) is 5.74. The first-order chi connectivity index (χ1) is 8.52. The number of ketones is 1. The number of ether oxygens (including phenoxy) is 1. The molecule has 2 rings (SSSR count). The van der Waals surface area contributed by atoms with E-state index in [2.05, 4.69) is 0 Å². The van der Waals surface area contributed by atoms with E-state index >= 15 is 0 Å². The summed E-state index contributed by atoms with van der Waals surface area (Å²) in [5, 5.41) is 8.84. The Kier molecular flexibility index (Phi) is 3.57. The monoisotopic (exact) mass is 268 g/mol. The van der Waals surface area contributed by atoms with Gasteiger partial charge in [-0.25, -0.2) is 4.79 Å². The van der Waals surface area contributed by atoms with Gasteiger partial charge < -0.3 is 9.84 Å². The zero-order chi connectivity index (χ0) is 13.3. The van der Waals surface area contributed by atoms with Gasteiger partial charge in [0.25, 0.3) is 0 Å². The minimum atomic E-state index is -1.06. The van der Waals surface area contributed by atoms with Crippen LogP contribution in [0.5, 0.6) is 5.75 Å². The van der Waals surface area contributed by atoms with Crippen molar-refractivity contribution < 1.29 is 19.4 Å². The summed E-state index contributed by atoms with van der Waals surface area (Å²) in [7, 11) is 0. The first-order valence-corrected chi connectivity index (χ1v) is 6.12. The second kappa shape index (κ2) is 4.98. The summed E-state index contributed by atoms with van der Waals surface area (Å²) in [6, 6.07) is 3.25. The molecule has 0 fully saturated rings. The smallest absolute Gasteiger partial charge is 0.341 e. The molecule has 0 bridgehead atoms. The standard InChI is InChI=1S/C13H13ClO4/c1-2-7-3-8-4-11(18-6-12(15)16)10(14)5-9(8)13(7)17/h4-5,7H,2-3,6H2,1H3,(H,15,16)/t7-/m1/s1. The van der Waals surface area contributed by atoms with Crippen molar-refractivity contribution in [3.8, 4) is 5.75 Å². The van der Waals surface area contributed by atoms with Gasteiger partial charge in [-0.05, 0) is 30.5 Å². The lowest BCUT2D eigenvalue weighted by atomic mass is 10.0. The lowest BCUT2D eigenvalue weighted by Gasteiger charge is -2.07. The largest absolute Gasteiger partial charge is 0.480 e. The Bertz CT molecular complexity index is 510. The van der Waals surface area contributed by atoms with Gasteiger partial charge in [-0.1, -0.05) is 18.5 Å². The lowest BCUT2D eigenvalue weighted by Crippen LogP contribution is -2.10. The molecular formula is C13H13ClO4. The summed E-state index contributed by atoms with van der Waals surface area (Å²) >= 11 is 5.98. The van der Waals surface area contributed by atoms with E-state index in [1.54, 1.807) is 12.1 Å². The van der Waals surface area contributed by atoms with E-state index in [1.807, 2.05) is 6.92 Å². The van der Waals surface area contributed by atoms with E-state index in [9.17, 15) is 9.59 Å². The van der Waals surface area contributed by atoms with Gasteiger partial charge in [0.15, 0.2) is 12.4 Å².